The van der Waals surface area contributed by atoms with E-state index in [2.05, 4.69) is 21.8 Å². The largest absolute Gasteiger partial charge is 0.378 e. The first-order valence-electron chi connectivity index (χ1n) is 8.10. The number of nitrogens with zero attached hydrogens (tertiary/aromatic N) is 3. The summed E-state index contributed by atoms with van der Waals surface area (Å²) in [6, 6.07) is 7.84. The van der Waals surface area contributed by atoms with E-state index in [4.69, 9.17) is 0 Å². The van der Waals surface area contributed by atoms with Crippen LogP contribution in [0.1, 0.15) is 35.5 Å². The molecule has 2 rings (SSSR count). The second-order valence-corrected chi connectivity index (χ2v) is 6.32. The van der Waals surface area contributed by atoms with Crippen LogP contribution >= 0.6 is 0 Å². The molecule has 1 aromatic heterocycles. The van der Waals surface area contributed by atoms with E-state index in [9.17, 15) is 4.79 Å². The van der Waals surface area contributed by atoms with E-state index < -0.39 is 0 Å². The van der Waals surface area contributed by atoms with Crippen molar-refractivity contribution in [2.45, 2.75) is 33.4 Å². The zero-order chi connectivity index (χ0) is 17.9. The lowest BCUT2D eigenvalue weighted by atomic mass is 10.1. The van der Waals surface area contributed by atoms with Gasteiger partial charge in [-0.25, -0.2) is 4.79 Å². The molecule has 0 spiro atoms. The maximum atomic E-state index is 12.2. The molecule has 24 heavy (non-hydrogen) atoms. The highest BCUT2D eigenvalue weighted by molar-refractivity contribution is 5.74. The van der Waals surface area contributed by atoms with Gasteiger partial charge in [-0.15, -0.1) is 0 Å². The zero-order valence-electron chi connectivity index (χ0n) is 15.3. The molecule has 0 aliphatic carbocycles. The lowest BCUT2D eigenvalue weighted by Gasteiger charge is -2.16. The summed E-state index contributed by atoms with van der Waals surface area (Å²) in [4.78, 5) is 14.2. The smallest absolute Gasteiger partial charge is 0.315 e. The number of benzene rings is 1. The third-order valence-electron chi connectivity index (χ3n) is 4.23. The molecule has 0 aliphatic rings. The van der Waals surface area contributed by atoms with Crippen molar-refractivity contribution in [2.24, 2.45) is 7.05 Å². The minimum Gasteiger partial charge on any atom is -0.378 e. The second-order valence-electron chi connectivity index (χ2n) is 6.32. The number of hydrogen-bond acceptors (Lipinski definition) is 3. The van der Waals surface area contributed by atoms with Gasteiger partial charge in [0, 0.05) is 44.6 Å². The molecule has 0 fully saturated rings. The average Bonchev–Trinajstić information content (AvgIpc) is 2.78. The summed E-state index contributed by atoms with van der Waals surface area (Å²) in [5, 5.41) is 10.3. The van der Waals surface area contributed by atoms with E-state index in [0.29, 0.717) is 6.54 Å². The quantitative estimate of drug-likeness (QED) is 0.886. The van der Waals surface area contributed by atoms with Crippen molar-refractivity contribution in [1.29, 1.82) is 0 Å². The SMILES string of the molecule is Cc1nn(C)c(C)c1[C@H](C)NC(=O)NCc1cccc(N(C)C)c1. The van der Waals surface area contributed by atoms with Gasteiger partial charge in [0.2, 0.25) is 0 Å². The van der Waals surface area contributed by atoms with E-state index in [1.165, 1.54) is 0 Å². The van der Waals surface area contributed by atoms with Crippen LogP contribution in [-0.2, 0) is 13.6 Å². The predicted octanol–water partition coefficient (Wildman–Crippen LogP) is 2.66. The molecule has 0 saturated heterocycles. The van der Waals surface area contributed by atoms with Crippen molar-refractivity contribution in [3.8, 4) is 0 Å². The summed E-state index contributed by atoms with van der Waals surface area (Å²) in [6.45, 7) is 6.44. The Balaban J connectivity index is 1.95. The van der Waals surface area contributed by atoms with Gasteiger partial charge >= 0.3 is 6.03 Å². The first-order valence-corrected chi connectivity index (χ1v) is 8.10. The molecule has 2 N–H and O–H groups in total. The first kappa shape index (κ1) is 17.8. The van der Waals surface area contributed by atoms with Crippen LogP contribution in [-0.4, -0.2) is 29.9 Å². The molecule has 1 aromatic carbocycles. The van der Waals surface area contributed by atoms with Gasteiger partial charge in [-0.3, -0.25) is 4.68 Å². The second kappa shape index (κ2) is 7.38. The number of hydrogen-bond donors (Lipinski definition) is 2. The van der Waals surface area contributed by atoms with Crippen LogP contribution in [0.3, 0.4) is 0 Å². The molecule has 130 valence electrons. The van der Waals surface area contributed by atoms with E-state index in [-0.39, 0.29) is 12.1 Å². The third-order valence-corrected chi connectivity index (χ3v) is 4.23. The maximum absolute atomic E-state index is 12.2. The van der Waals surface area contributed by atoms with Gasteiger partial charge in [-0.05, 0) is 38.5 Å². The number of amides is 2. The van der Waals surface area contributed by atoms with Crippen LogP contribution < -0.4 is 15.5 Å². The molecular formula is C18H27N5O. The standard InChI is InChI=1S/C18H27N5O/c1-12(17-13(2)21-23(6)14(17)3)20-18(24)19-11-15-8-7-9-16(10-15)22(4)5/h7-10,12H,11H2,1-6H3,(H2,19,20,24)/t12-/m0/s1. The van der Waals surface area contributed by atoms with E-state index >= 15 is 0 Å². The highest BCUT2D eigenvalue weighted by Gasteiger charge is 2.17. The Morgan fingerprint density at radius 2 is 2.04 bits per heavy atom. The van der Waals surface area contributed by atoms with Gasteiger partial charge in [0.15, 0.2) is 0 Å². The van der Waals surface area contributed by atoms with Crippen molar-refractivity contribution in [3.63, 3.8) is 0 Å². The lowest BCUT2D eigenvalue weighted by molar-refractivity contribution is 0.237. The number of aromatic nitrogens is 2. The van der Waals surface area contributed by atoms with Crippen LogP contribution in [0.2, 0.25) is 0 Å². The van der Waals surface area contributed by atoms with Crippen LogP contribution in [0, 0.1) is 13.8 Å². The molecule has 0 radical (unpaired) electrons. The van der Waals surface area contributed by atoms with Crippen molar-refractivity contribution in [1.82, 2.24) is 20.4 Å². The van der Waals surface area contributed by atoms with E-state index in [1.807, 2.05) is 69.7 Å². The molecule has 0 saturated carbocycles. The molecule has 1 atom stereocenters. The van der Waals surface area contributed by atoms with Gasteiger partial charge < -0.3 is 15.5 Å². The number of aryl methyl sites for hydroxylation is 2. The highest BCUT2D eigenvalue weighted by Crippen LogP contribution is 2.20. The monoisotopic (exact) mass is 329 g/mol. The molecule has 6 heteroatoms. The lowest BCUT2D eigenvalue weighted by Crippen LogP contribution is -2.37. The maximum Gasteiger partial charge on any atom is 0.315 e. The fraction of sp³-hybridized carbons (Fsp3) is 0.444. The van der Waals surface area contributed by atoms with Crippen LogP contribution in [0.5, 0.6) is 0 Å². The Hall–Kier alpha value is -2.50. The van der Waals surface area contributed by atoms with Crippen LogP contribution in [0.15, 0.2) is 24.3 Å². The summed E-state index contributed by atoms with van der Waals surface area (Å²) in [6.07, 6.45) is 0. The Morgan fingerprint density at radius 1 is 1.33 bits per heavy atom. The average molecular weight is 329 g/mol. The fourth-order valence-electron chi connectivity index (χ4n) is 2.86. The highest BCUT2D eigenvalue weighted by atomic mass is 16.2. The number of carbonyl (C=O) groups is 1. The summed E-state index contributed by atoms with van der Waals surface area (Å²) < 4.78 is 1.84. The summed E-state index contributed by atoms with van der Waals surface area (Å²) in [7, 11) is 5.91. The van der Waals surface area contributed by atoms with E-state index in [1.54, 1.807) is 0 Å². The summed E-state index contributed by atoms with van der Waals surface area (Å²) >= 11 is 0. The van der Waals surface area contributed by atoms with Crippen molar-refractivity contribution >= 4 is 11.7 Å². The van der Waals surface area contributed by atoms with Gasteiger partial charge in [-0.1, -0.05) is 12.1 Å². The molecule has 2 aromatic rings. The van der Waals surface area contributed by atoms with Crippen molar-refractivity contribution in [2.75, 3.05) is 19.0 Å². The summed E-state index contributed by atoms with van der Waals surface area (Å²) in [5.41, 5.74) is 5.27. The van der Waals surface area contributed by atoms with Gasteiger partial charge in [0.25, 0.3) is 0 Å². The first-order chi connectivity index (χ1) is 11.3. The Bertz CT molecular complexity index is 720. The van der Waals surface area contributed by atoms with E-state index in [0.717, 1.165) is 28.2 Å². The number of carbonyl (C=O) groups excluding carboxylic acids is 1. The molecule has 6 nitrogen and oxygen atoms in total. The number of nitrogens with one attached hydrogen (secondary N) is 2. The number of rotatable bonds is 5. The van der Waals surface area contributed by atoms with Gasteiger partial charge in [0.1, 0.15) is 0 Å². The zero-order valence-corrected chi connectivity index (χ0v) is 15.3. The topological polar surface area (TPSA) is 62.2 Å². The van der Waals surface area contributed by atoms with Crippen LogP contribution in [0.4, 0.5) is 10.5 Å². The van der Waals surface area contributed by atoms with Gasteiger partial charge in [-0.2, -0.15) is 5.10 Å². The Morgan fingerprint density at radius 3 is 2.62 bits per heavy atom. The van der Waals surface area contributed by atoms with Crippen molar-refractivity contribution < 1.29 is 4.79 Å². The minimum absolute atomic E-state index is 0.0909. The molecule has 1 heterocycles. The number of urea groups is 1. The Labute approximate surface area is 143 Å². The summed E-state index contributed by atoms with van der Waals surface area (Å²) in [5.74, 6) is 0. The molecular weight excluding hydrogens is 302 g/mol. The Kier molecular flexibility index (Phi) is 5.49. The molecule has 0 aliphatic heterocycles. The predicted molar refractivity (Wildman–Crippen MR) is 97.2 cm³/mol. The molecule has 0 bridgehead atoms. The van der Waals surface area contributed by atoms with Crippen LogP contribution in [0.25, 0.3) is 0 Å². The third kappa shape index (κ3) is 4.07. The van der Waals surface area contributed by atoms with Crippen molar-refractivity contribution in [3.05, 3.63) is 46.8 Å². The van der Waals surface area contributed by atoms with Gasteiger partial charge in [0.05, 0.1) is 11.7 Å². The normalized spacial score (nSPS) is 11.9. The number of anilines is 1. The molecule has 2 amide bonds. The minimum atomic E-state index is -0.180. The fourth-order valence-corrected chi connectivity index (χ4v) is 2.86. The molecule has 0 unspecified atom stereocenters.